The number of nitrogens with zero attached hydrogens (tertiary/aromatic N) is 1. The van der Waals surface area contributed by atoms with Gasteiger partial charge in [0.05, 0.1) is 6.54 Å². The highest BCUT2D eigenvalue weighted by Gasteiger charge is 2.15. The van der Waals surface area contributed by atoms with E-state index in [0.29, 0.717) is 13.1 Å². The number of hydrogen-bond donors (Lipinski definition) is 1. The van der Waals surface area contributed by atoms with Gasteiger partial charge in [-0.1, -0.05) is 30.3 Å². The molecule has 118 valence electrons. The maximum absolute atomic E-state index is 12.1. The first kappa shape index (κ1) is 16.7. The van der Waals surface area contributed by atoms with Gasteiger partial charge in [0.25, 0.3) is 0 Å². The first-order chi connectivity index (χ1) is 10.6. The molecule has 2 rings (SSSR count). The van der Waals surface area contributed by atoms with Crippen LogP contribution in [0.3, 0.4) is 0 Å². The van der Waals surface area contributed by atoms with E-state index >= 15 is 0 Å². The topological polar surface area (TPSA) is 32.3 Å². The Morgan fingerprint density at radius 3 is 2.73 bits per heavy atom. The van der Waals surface area contributed by atoms with Crippen molar-refractivity contribution < 1.29 is 4.79 Å². The Morgan fingerprint density at radius 1 is 1.27 bits per heavy atom. The summed E-state index contributed by atoms with van der Waals surface area (Å²) >= 11 is 1.73. The predicted octanol–water partition coefficient (Wildman–Crippen LogP) is 3.41. The van der Waals surface area contributed by atoms with E-state index < -0.39 is 0 Å². The third-order valence-corrected chi connectivity index (χ3v) is 5.03. The molecule has 1 aromatic heterocycles. The number of aryl methyl sites for hydroxylation is 1. The molecule has 0 aliphatic heterocycles. The van der Waals surface area contributed by atoms with Crippen molar-refractivity contribution in [2.24, 2.45) is 0 Å². The Morgan fingerprint density at radius 2 is 2.05 bits per heavy atom. The lowest BCUT2D eigenvalue weighted by Gasteiger charge is -2.23. The van der Waals surface area contributed by atoms with E-state index in [0.717, 1.165) is 6.42 Å². The Kier molecular flexibility index (Phi) is 6.16. The molecule has 0 saturated carbocycles. The average Bonchev–Trinajstić information content (AvgIpc) is 3.02. The molecular formula is C18H24N2OS. The van der Waals surface area contributed by atoms with Gasteiger partial charge in [-0.3, -0.25) is 9.69 Å². The number of benzene rings is 1. The second kappa shape index (κ2) is 8.11. The lowest BCUT2D eigenvalue weighted by Crippen LogP contribution is -2.37. The van der Waals surface area contributed by atoms with Gasteiger partial charge in [0, 0.05) is 17.5 Å². The van der Waals surface area contributed by atoms with E-state index in [2.05, 4.69) is 47.6 Å². The number of carbonyl (C=O) groups excluding carboxylic acids is 1. The molecule has 0 fully saturated rings. The van der Waals surface area contributed by atoms with Crippen LogP contribution in [0.2, 0.25) is 0 Å². The number of hydrogen-bond acceptors (Lipinski definition) is 3. The third kappa shape index (κ3) is 4.68. The minimum Gasteiger partial charge on any atom is -0.355 e. The molecule has 1 N–H and O–H groups in total. The quantitative estimate of drug-likeness (QED) is 0.849. The van der Waals surface area contributed by atoms with Crippen LogP contribution in [-0.4, -0.2) is 30.9 Å². The van der Waals surface area contributed by atoms with Crippen LogP contribution < -0.4 is 5.32 Å². The highest BCUT2D eigenvalue weighted by Crippen LogP contribution is 2.22. The molecule has 1 atom stereocenters. The van der Waals surface area contributed by atoms with Crippen molar-refractivity contribution in [3.8, 4) is 0 Å². The molecule has 0 radical (unpaired) electrons. The van der Waals surface area contributed by atoms with Crippen LogP contribution >= 0.6 is 11.3 Å². The first-order valence-corrected chi connectivity index (χ1v) is 8.50. The molecule has 0 aliphatic carbocycles. The van der Waals surface area contributed by atoms with Gasteiger partial charge >= 0.3 is 0 Å². The molecule has 22 heavy (non-hydrogen) atoms. The molecule has 0 bridgehead atoms. The van der Waals surface area contributed by atoms with Crippen LogP contribution in [-0.2, 0) is 11.2 Å². The number of likely N-dealkylation sites (N-methyl/N-ethyl adjacent to an activating group) is 1. The van der Waals surface area contributed by atoms with Crippen molar-refractivity contribution in [3.63, 3.8) is 0 Å². The van der Waals surface area contributed by atoms with E-state index in [-0.39, 0.29) is 11.9 Å². The van der Waals surface area contributed by atoms with Gasteiger partial charge in [0.2, 0.25) is 5.91 Å². The number of rotatable bonds is 7. The van der Waals surface area contributed by atoms with Crippen molar-refractivity contribution >= 4 is 17.2 Å². The SMILES string of the molecule is Cc1ccccc1CCNC(=O)CN(C)C(C)c1cccs1. The summed E-state index contributed by atoms with van der Waals surface area (Å²) in [6, 6.07) is 12.7. The molecule has 2 aromatic rings. The Labute approximate surface area is 137 Å². The van der Waals surface area contributed by atoms with Gasteiger partial charge in [0.1, 0.15) is 0 Å². The lowest BCUT2D eigenvalue weighted by molar-refractivity contribution is -0.122. The highest BCUT2D eigenvalue weighted by atomic mass is 32.1. The summed E-state index contributed by atoms with van der Waals surface area (Å²) in [6.45, 7) is 5.35. The van der Waals surface area contributed by atoms with Crippen LogP contribution in [0, 0.1) is 6.92 Å². The fourth-order valence-electron chi connectivity index (χ4n) is 2.39. The molecule has 1 amide bonds. The van der Waals surface area contributed by atoms with Crippen LogP contribution in [0.15, 0.2) is 41.8 Å². The van der Waals surface area contributed by atoms with Crippen molar-refractivity contribution in [1.82, 2.24) is 10.2 Å². The third-order valence-electron chi connectivity index (χ3n) is 3.99. The predicted molar refractivity (Wildman–Crippen MR) is 93.3 cm³/mol. The summed E-state index contributed by atoms with van der Waals surface area (Å²) in [5.41, 5.74) is 2.57. The van der Waals surface area contributed by atoms with E-state index in [9.17, 15) is 4.79 Å². The van der Waals surface area contributed by atoms with Crippen molar-refractivity contribution in [3.05, 3.63) is 57.8 Å². The summed E-state index contributed by atoms with van der Waals surface area (Å²) < 4.78 is 0. The minimum atomic E-state index is 0.0829. The molecule has 1 unspecified atom stereocenters. The standard InChI is InChI=1S/C18H24N2OS/c1-14-7-4-5-8-16(14)10-11-19-18(21)13-20(3)15(2)17-9-6-12-22-17/h4-9,12,15H,10-11,13H2,1-3H3,(H,19,21). The smallest absolute Gasteiger partial charge is 0.234 e. The summed E-state index contributed by atoms with van der Waals surface area (Å²) in [7, 11) is 1.99. The van der Waals surface area contributed by atoms with Crippen molar-refractivity contribution in [1.29, 1.82) is 0 Å². The second-order valence-corrected chi connectivity index (χ2v) is 6.61. The van der Waals surface area contributed by atoms with Gasteiger partial charge in [0.15, 0.2) is 0 Å². The summed E-state index contributed by atoms with van der Waals surface area (Å²) in [4.78, 5) is 15.4. The van der Waals surface area contributed by atoms with E-state index in [1.807, 2.05) is 25.2 Å². The van der Waals surface area contributed by atoms with Gasteiger partial charge in [-0.2, -0.15) is 0 Å². The summed E-state index contributed by atoms with van der Waals surface area (Å²) in [5.74, 6) is 0.0829. The highest BCUT2D eigenvalue weighted by molar-refractivity contribution is 7.10. The van der Waals surface area contributed by atoms with Gasteiger partial charge in [-0.15, -0.1) is 11.3 Å². The van der Waals surface area contributed by atoms with Gasteiger partial charge < -0.3 is 5.32 Å². The van der Waals surface area contributed by atoms with Gasteiger partial charge in [-0.25, -0.2) is 0 Å². The van der Waals surface area contributed by atoms with E-state index in [4.69, 9.17) is 0 Å². The molecule has 0 saturated heterocycles. The number of amides is 1. The number of thiophene rings is 1. The normalized spacial score (nSPS) is 12.4. The van der Waals surface area contributed by atoms with Crippen LogP contribution in [0.25, 0.3) is 0 Å². The molecule has 1 aromatic carbocycles. The molecule has 1 heterocycles. The molecule has 0 aliphatic rings. The van der Waals surface area contributed by atoms with E-state index in [1.165, 1.54) is 16.0 Å². The molecule has 0 spiro atoms. The first-order valence-electron chi connectivity index (χ1n) is 7.62. The fraction of sp³-hybridized carbons (Fsp3) is 0.389. The molecular weight excluding hydrogens is 292 g/mol. The zero-order valence-corrected chi connectivity index (χ0v) is 14.3. The van der Waals surface area contributed by atoms with Crippen LogP contribution in [0.4, 0.5) is 0 Å². The largest absolute Gasteiger partial charge is 0.355 e. The zero-order valence-electron chi connectivity index (χ0n) is 13.5. The number of nitrogens with one attached hydrogen (secondary N) is 1. The zero-order chi connectivity index (χ0) is 15.9. The Balaban J connectivity index is 1.75. The monoisotopic (exact) mass is 316 g/mol. The maximum atomic E-state index is 12.1. The van der Waals surface area contributed by atoms with Gasteiger partial charge in [-0.05, 0) is 49.9 Å². The Hall–Kier alpha value is -1.65. The lowest BCUT2D eigenvalue weighted by atomic mass is 10.1. The summed E-state index contributed by atoms with van der Waals surface area (Å²) in [6.07, 6.45) is 0.878. The Bertz CT molecular complexity index is 595. The summed E-state index contributed by atoms with van der Waals surface area (Å²) in [5, 5.41) is 5.08. The average molecular weight is 316 g/mol. The van der Waals surface area contributed by atoms with Crippen molar-refractivity contribution in [2.75, 3.05) is 20.1 Å². The fourth-order valence-corrected chi connectivity index (χ4v) is 3.24. The van der Waals surface area contributed by atoms with Crippen LogP contribution in [0.1, 0.15) is 29.0 Å². The molecule has 3 nitrogen and oxygen atoms in total. The maximum Gasteiger partial charge on any atom is 0.234 e. The van der Waals surface area contributed by atoms with Crippen molar-refractivity contribution in [2.45, 2.75) is 26.3 Å². The minimum absolute atomic E-state index is 0.0829. The van der Waals surface area contributed by atoms with E-state index in [1.54, 1.807) is 11.3 Å². The molecule has 4 heteroatoms. The number of carbonyl (C=O) groups is 1. The van der Waals surface area contributed by atoms with Crippen LogP contribution in [0.5, 0.6) is 0 Å². The second-order valence-electron chi connectivity index (χ2n) is 5.63.